The lowest BCUT2D eigenvalue weighted by Crippen LogP contribution is -1.85. The maximum absolute atomic E-state index is 3.43. The van der Waals surface area contributed by atoms with Gasteiger partial charge in [-0.2, -0.15) is 0 Å². The van der Waals surface area contributed by atoms with Crippen molar-refractivity contribution >= 4 is 47.8 Å². The molecule has 0 aliphatic heterocycles. The Bertz CT molecular complexity index is 565. The lowest BCUT2D eigenvalue weighted by molar-refractivity contribution is 1.00. The zero-order valence-corrected chi connectivity index (χ0v) is 18.5. The monoisotopic (exact) mass is 510 g/mol. The van der Waals surface area contributed by atoms with Crippen molar-refractivity contribution in [3.63, 3.8) is 0 Å². The van der Waals surface area contributed by atoms with E-state index in [4.69, 9.17) is 0 Å². The van der Waals surface area contributed by atoms with Gasteiger partial charge < -0.3 is 0 Å². The van der Waals surface area contributed by atoms with Gasteiger partial charge in [0.05, 0.1) is 0 Å². The molecule has 0 amide bonds. The second kappa shape index (κ2) is 14.7. The highest BCUT2D eigenvalue weighted by molar-refractivity contribution is 9.09. The molecule has 1 aromatic rings. The van der Waals surface area contributed by atoms with Gasteiger partial charge in [-0.25, -0.2) is 0 Å². The average Bonchev–Trinajstić information content (AvgIpc) is 2.59. The minimum absolute atomic E-state index is 0.901. The van der Waals surface area contributed by atoms with Gasteiger partial charge in [-0.1, -0.05) is 83.3 Å². The zero-order valence-electron chi connectivity index (χ0n) is 13.7. The van der Waals surface area contributed by atoms with Gasteiger partial charge >= 0.3 is 0 Å². The van der Waals surface area contributed by atoms with E-state index in [0.717, 1.165) is 71.2 Å². The number of hydrogen-bond acceptors (Lipinski definition) is 0. The molecule has 0 aliphatic carbocycles. The van der Waals surface area contributed by atoms with Crippen LogP contribution in [0.2, 0.25) is 0 Å². The van der Waals surface area contributed by atoms with Gasteiger partial charge in [-0.3, -0.25) is 0 Å². The summed E-state index contributed by atoms with van der Waals surface area (Å²) >= 11 is 10.3. The Morgan fingerprint density at radius 3 is 1.08 bits per heavy atom. The molecule has 1 rings (SSSR count). The van der Waals surface area contributed by atoms with E-state index in [1.807, 2.05) is 0 Å². The van der Waals surface area contributed by atoms with Crippen LogP contribution in [0, 0.1) is 35.5 Å². The Balaban J connectivity index is 2.95. The maximum atomic E-state index is 3.43. The minimum Gasteiger partial charge on any atom is -0.0979 e. The first kappa shape index (κ1) is 21.4. The highest BCUT2D eigenvalue weighted by Gasteiger charge is 1.96. The molecule has 0 N–H and O–H groups in total. The van der Waals surface area contributed by atoms with Crippen molar-refractivity contribution in [3.8, 4) is 35.5 Å². The highest BCUT2D eigenvalue weighted by atomic mass is 79.9. The first-order valence-corrected chi connectivity index (χ1v) is 11.5. The summed E-state index contributed by atoms with van der Waals surface area (Å²) in [5.41, 5.74) is 3.00. The van der Waals surface area contributed by atoms with Gasteiger partial charge in [0.15, 0.2) is 0 Å². The van der Waals surface area contributed by atoms with E-state index in [-0.39, 0.29) is 0 Å². The predicted octanol–water partition coefficient (Wildman–Crippen LogP) is 6.27. The molecule has 3 heteroatoms. The summed E-state index contributed by atoms with van der Waals surface area (Å²) < 4.78 is 0. The van der Waals surface area contributed by atoms with Crippen molar-refractivity contribution in [2.24, 2.45) is 0 Å². The lowest BCUT2D eigenvalue weighted by atomic mass is 10.1. The Morgan fingerprint density at radius 2 is 0.833 bits per heavy atom. The van der Waals surface area contributed by atoms with Crippen LogP contribution in [0.25, 0.3) is 0 Å². The van der Waals surface area contributed by atoms with Crippen LogP contribution in [0.5, 0.6) is 0 Å². The smallest absolute Gasteiger partial charge is 0.0270 e. The predicted molar refractivity (Wildman–Crippen MR) is 116 cm³/mol. The molecule has 126 valence electrons. The van der Waals surface area contributed by atoms with Crippen LogP contribution in [0.3, 0.4) is 0 Å². The van der Waals surface area contributed by atoms with Gasteiger partial charge in [-0.15, -0.1) is 0 Å². The molecule has 0 saturated heterocycles. The molecule has 0 bridgehead atoms. The molecule has 0 radical (unpaired) electrons. The Morgan fingerprint density at radius 1 is 0.542 bits per heavy atom. The Hall–Kier alpha value is -0.660. The molecular weight excluding hydrogens is 492 g/mol. The van der Waals surface area contributed by atoms with Gasteiger partial charge in [-0.05, 0) is 37.5 Å². The molecular formula is C21H21Br3. The van der Waals surface area contributed by atoms with E-state index in [0.29, 0.717) is 0 Å². The maximum Gasteiger partial charge on any atom is 0.0270 e. The summed E-state index contributed by atoms with van der Waals surface area (Å²) in [4.78, 5) is 0. The largest absolute Gasteiger partial charge is 0.0979 e. The summed E-state index contributed by atoms with van der Waals surface area (Å²) in [5.74, 6) is 19.4. The van der Waals surface area contributed by atoms with Crippen LogP contribution in [-0.2, 0) is 0 Å². The molecule has 0 heterocycles. The van der Waals surface area contributed by atoms with E-state index in [1.54, 1.807) is 0 Å². The molecule has 0 aliphatic rings. The van der Waals surface area contributed by atoms with Gasteiger partial charge in [0.1, 0.15) is 0 Å². The van der Waals surface area contributed by atoms with E-state index in [2.05, 4.69) is 102 Å². The average molecular weight is 513 g/mol. The molecule has 24 heavy (non-hydrogen) atoms. The fourth-order valence-electron chi connectivity index (χ4n) is 1.80. The number of hydrogen-bond donors (Lipinski definition) is 0. The number of rotatable bonds is 6. The molecule has 0 unspecified atom stereocenters. The van der Waals surface area contributed by atoms with Gasteiger partial charge in [0, 0.05) is 51.9 Å². The quantitative estimate of drug-likeness (QED) is 0.239. The second-order valence-corrected chi connectivity index (χ2v) is 7.46. The topological polar surface area (TPSA) is 0 Å². The first-order chi connectivity index (χ1) is 11.8. The van der Waals surface area contributed by atoms with Crippen LogP contribution in [0.15, 0.2) is 18.2 Å². The summed E-state index contributed by atoms with van der Waals surface area (Å²) in [6.45, 7) is 0. The van der Waals surface area contributed by atoms with Crippen LogP contribution in [0.1, 0.15) is 55.2 Å². The molecule has 0 atom stereocenters. The van der Waals surface area contributed by atoms with Crippen molar-refractivity contribution in [1.82, 2.24) is 0 Å². The standard InChI is InChI=1S/C21H21Br3/c22-13-7-1-4-10-19-16-20(11-5-2-8-14-23)18-21(17-19)12-6-3-9-15-24/h16-18H,1-3,7-9,13-15H2. The SMILES string of the molecule is BrCCCC#Cc1cc(C#CCCCBr)cc(C#CCCCBr)c1. The minimum atomic E-state index is 0.901. The molecule has 0 fully saturated rings. The zero-order chi connectivity index (χ0) is 17.5. The normalized spacial score (nSPS) is 9.12. The Labute approximate surface area is 172 Å². The molecule has 0 aromatic heterocycles. The van der Waals surface area contributed by atoms with Crippen molar-refractivity contribution in [2.75, 3.05) is 16.0 Å². The lowest BCUT2D eigenvalue weighted by Gasteiger charge is -1.97. The van der Waals surface area contributed by atoms with Crippen LogP contribution < -0.4 is 0 Å². The van der Waals surface area contributed by atoms with E-state index in [1.165, 1.54) is 0 Å². The van der Waals surface area contributed by atoms with Crippen molar-refractivity contribution in [1.29, 1.82) is 0 Å². The van der Waals surface area contributed by atoms with Crippen molar-refractivity contribution in [3.05, 3.63) is 34.9 Å². The number of unbranched alkanes of at least 4 members (excludes halogenated alkanes) is 3. The second-order valence-electron chi connectivity index (χ2n) is 5.08. The molecule has 0 nitrogen and oxygen atoms in total. The van der Waals surface area contributed by atoms with E-state index in [9.17, 15) is 0 Å². The number of benzene rings is 1. The van der Waals surface area contributed by atoms with Gasteiger partial charge in [0.25, 0.3) is 0 Å². The van der Waals surface area contributed by atoms with Crippen LogP contribution in [0.4, 0.5) is 0 Å². The molecule has 0 spiro atoms. The van der Waals surface area contributed by atoms with Crippen LogP contribution >= 0.6 is 47.8 Å². The Kier molecular flexibility index (Phi) is 13.1. The van der Waals surface area contributed by atoms with Crippen LogP contribution in [-0.4, -0.2) is 16.0 Å². The summed E-state index contributed by atoms with van der Waals surface area (Å²) in [6.07, 6.45) is 5.91. The number of alkyl halides is 3. The van der Waals surface area contributed by atoms with Crippen molar-refractivity contribution in [2.45, 2.75) is 38.5 Å². The summed E-state index contributed by atoms with van der Waals surface area (Å²) in [7, 11) is 0. The third kappa shape index (κ3) is 10.3. The third-order valence-electron chi connectivity index (χ3n) is 2.94. The number of halogens is 3. The van der Waals surface area contributed by atoms with Crippen molar-refractivity contribution < 1.29 is 0 Å². The summed E-state index contributed by atoms with van der Waals surface area (Å²) in [5, 5.41) is 2.97. The van der Waals surface area contributed by atoms with E-state index >= 15 is 0 Å². The molecule has 0 saturated carbocycles. The highest BCUT2D eigenvalue weighted by Crippen LogP contribution is 2.09. The van der Waals surface area contributed by atoms with E-state index < -0.39 is 0 Å². The fraction of sp³-hybridized carbons (Fsp3) is 0.429. The van der Waals surface area contributed by atoms with Gasteiger partial charge in [0.2, 0.25) is 0 Å². The first-order valence-electron chi connectivity index (χ1n) is 8.09. The fourth-order valence-corrected chi connectivity index (χ4v) is 2.64. The third-order valence-corrected chi connectivity index (χ3v) is 4.62. The molecule has 1 aromatic carbocycles. The summed E-state index contributed by atoms with van der Waals surface area (Å²) in [6, 6.07) is 6.18.